The molecule has 1 heterocycles. The van der Waals surface area contributed by atoms with Crippen molar-refractivity contribution < 1.29 is 9.53 Å². The molecule has 0 aliphatic heterocycles. The molecule has 0 aliphatic rings. The van der Waals surface area contributed by atoms with E-state index in [1.165, 1.54) is 5.56 Å². The minimum absolute atomic E-state index is 0.0222. The lowest BCUT2D eigenvalue weighted by molar-refractivity contribution is -0.116. The number of hydrogen-bond donors (Lipinski definition) is 1. The van der Waals surface area contributed by atoms with Crippen LogP contribution in [-0.2, 0) is 11.2 Å². The first-order valence-electron chi connectivity index (χ1n) is 9.11. The van der Waals surface area contributed by atoms with Crippen LogP contribution in [0.15, 0.2) is 54.6 Å². The molecule has 3 aromatic rings. The van der Waals surface area contributed by atoms with Crippen LogP contribution < -0.4 is 10.1 Å². The zero-order valence-electron chi connectivity index (χ0n) is 16.0. The van der Waals surface area contributed by atoms with Gasteiger partial charge in [0.05, 0.1) is 18.5 Å². The molecule has 1 aromatic heterocycles. The fourth-order valence-corrected chi connectivity index (χ4v) is 3.07. The summed E-state index contributed by atoms with van der Waals surface area (Å²) in [6.07, 6.45) is 2.15. The minimum Gasteiger partial charge on any atom is -0.497 e. The highest BCUT2D eigenvalue weighted by molar-refractivity contribution is 5.90. The van der Waals surface area contributed by atoms with Gasteiger partial charge in [0.1, 0.15) is 5.75 Å². The van der Waals surface area contributed by atoms with Crippen molar-refractivity contribution >= 4 is 11.6 Å². The molecule has 2 aromatic carbocycles. The standard InChI is InChI=1S/C22H25N3O2/c1-16-14-17(2)25(24-16)20-8-5-7-19(15-20)23-22(26)9-4-6-18-10-12-21(27-3)13-11-18/h5,7-8,10-15H,4,6,9H2,1-3H3,(H,23,26). The molecule has 0 atom stereocenters. The number of nitrogens with one attached hydrogen (secondary N) is 1. The number of nitrogens with zero attached hydrogens (tertiary/aromatic N) is 2. The molecule has 5 nitrogen and oxygen atoms in total. The van der Waals surface area contributed by atoms with Crippen LogP contribution in [0.3, 0.4) is 0 Å². The van der Waals surface area contributed by atoms with E-state index in [9.17, 15) is 4.79 Å². The first kappa shape index (κ1) is 18.7. The molecule has 0 fully saturated rings. The molecule has 0 bridgehead atoms. The normalized spacial score (nSPS) is 10.6. The monoisotopic (exact) mass is 363 g/mol. The summed E-state index contributed by atoms with van der Waals surface area (Å²) >= 11 is 0. The van der Waals surface area contributed by atoms with Gasteiger partial charge < -0.3 is 10.1 Å². The van der Waals surface area contributed by atoms with Gasteiger partial charge in [0, 0.05) is 17.8 Å². The van der Waals surface area contributed by atoms with Crippen LogP contribution in [0.5, 0.6) is 5.75 Å². The quantitative estimate of drug-likeness (QED) is 0.674. The second-order valence-electron chi connectivity index (χ2n) is 6.64. The summed E-state index contributed by atoms with van der Waals surface area (Å²) in [7, 11) is 1.66. The summed E-state index contributed by atoms with van der Waals surface area (Å²) in [5.74, 6) is 0.869. The van der Waals surface area contributed by atoms with Gasteiger partial charge in [0.15, 0.2) is 0 Å². The van der Waals surface area contributed by atoms with E-state index < -0.39 is 0 Å². The van der Waals surface area contributed by atoms with E-state index in [0.29, 0.717) is 6.42 Å². The van der Waals surface area contributed by atoms with Crippen LogP contribution in [0.2, 0.25) is 0 Å². The summed E-state index contributed by atoms with van der Waals surface area (Å²) in [5, 5.41) is 7.47. The number of aromatic nitrogens is 2. The number of carbonyl (C=O) groups excluding carboxylic acids is 1. The summed E-state index contributed by atoms with van der Waals surface area (Å²) in [4.78, 5) is 12.3. The topological polar surface area (TPSA) is 56.1 Å². The molecule has 0 saturated carbocycles. The predicted molar refractivity (Wildman–Crippen MR) is 108 cm³/mol. The second-order valence-corrected chi connectivity index (χ2v) is 6.64. The lowest BCUT2D eigenvalue weighted by Crippen LogP contribution is -2.12. The van der Waals surface area contributed by atoms with Gasteiger partial charge >= 0.3 is 0 Å². The van der Waals surface area contributed by atoms with Crippen molar-refractivity contribution in [1.29, 1.82) is 0 Å². The maximum Gasteiger partial charge on any atom is 0.224 e. The van der Waals surface area contributed by atoms with E-state index in [2.05, 4.69) is 10.4 Å². The maximum absolute atomic E-state index is 12.3. The van der Waals surface area contributed by atoms with Crippen LogP contribution in [0.4, 0.5) is 5.69 Å². The fraction of sp³-hybridized carbons (Fsp3) is 0.273. The van der Waals surface area contributed by atoms with Crippen molar-refractivity contribution in [2.45, 2.75) is 33.1 Å². The average Bonchev–Trinajstić information content (AvgIpc) is 3.01. The number of amides is 1. The zero-order chi connectivity index (χ0) is 19.2. The lowest BCUT2D eigenvalue weighted by Gasteiger charge is -2.09. The first-order valence-corrected chi connectivity index (χ1v) is 9.11. The second kappa shape index (κ2) is 8.54. The van der Waals surface area contributed by atoms with Crippen LogP contribution in [0.25, 0.3) is 5.69 Å². The summed E-state index contributed by atoms with van der Waals surface area (Å²) in [5.41, 5.74) is 4.97. The molecule has 140 valence electrons. The Morgan fingerprint density at radius 1 is 1.11 bits per heavy atom. The Labute approximate surface area is 160 Å². The number of aryl methyl sites for hydroxylation is 3. The number of anilines is 1. The molecule has 27 heavy (non-hydrogen) atoms. The molecular weight excluding hydrogens is 338 g/mol. The van der Waals surface area contributed by atoms with Crippen molar-refractivity contribution in [2.24, 2.45) is 0 Å². The Morgan fingerprint density at radius 2 is 1.89 bits per heavy atom. The molecule has 0 aliphatic carbocycles. The number of methoxy groups -OCH3 is 1. The summed E-state index contributed by atoms with van der Waals surface area (Å²) in [6, 6.07) is 17.8. The van der Waals surface area contributed by atoms with E-state index >= 15 is 0 Å². The van der Waals surface area contributed by atoms with Gasteiger partial charge in [-0.2, -0.15) is 5.10 Å². The van der Waals surface area contributed by atoms with E-state index in [4.69, 9.17) is 4.74 Å². The van der Waals surface area contributed by atoms with Gasteiger partial charge in [-0.1, -0.05) is 18.2 Å². The minimum atomic E-state index is 0.0222. The van der Waals surface area contributed by atoms with Gasteiger partial charge in [-0.15, -0.1) is 0 Å². The number of hydrogen-bond acceptors (Lipinski definition) is 3. The van der Waals surface area contributed by atoms with Crippen LogP contribution in [-0.4, -0.2) is 22.8 Å². The van der Waals surface area contributed by atoms with Crippen LogP contribution in [0.1, 0.15) is 29.8 Å². The van der Waals surface area contributed by atoms with Gasteiger partial charge in [-0.05, 0) is 68.7 Å². The van der Waals surface area contributed by atoms with Gasteiger partial charge in [-0.3, -0.25) is 4.79 Å². The number of ether oxygens (including phenoxy) is 1. The highest BCUT2D eigenvalue weighted by Gasteiger charge is 2.07. The molecule has 1 N–H and O–H groups in total. The molecule has 5 heteroatoms. The number of benzene rings is 2. The van der Waals surface area contributed by atoms with Gasteiger partial charge in [-0.25, -0.2) is 4.68 Å². The highest BCUT2D eigenvalue weighted by atomic mass is 16.5. The van der Waals surface area contributed by atoms with E-state index in [0.717, 1.165) is 41.4 Å². The highest BCUT2D eigenvalue weighted by Crippen LogP contribution is 2.18. The zero-order valence-corrected chi connectivity index (χ0v) is 16.0. The molecular formula is C22H25N3O2. The van der Waals surface area contributed by atoms with E-state index in [1.54, 1.807) is 7.11 Å². The Kier molecular flexibility index (Phi) is 5.91. The molecule has 3 rings (SSSR count). The largest absolute Gasteiger partial charge is 0.497 e. The summed E-state index contributed by atoms with van der Waals surface area (Å²) in [6.45, 7) is 3.99. The van der Waals surface area contributed by atoms with Crippen molar-refractivity contribution in [3.8, 4) is 11.4 Å². The molecule has 0 spiro atoms. The Hall–Kier alpha value is -3.08. The smallest absolute Gasteiger partial charge is 0.224 e. The Bertz CT molecular complexity index is 914. The third-order valence-corrected chi connectivity index (χ3v) is 4.41. The Balaban J connectivity index is 1.54. The predicted octanol–water partition coefficient (Wildman–Crippen LogP) is 4.46. The maximum atomic E-state index is 12.3. The summed E-state index contributed by atoms with van der Waals surface area (Å²) < 4.78 is 7.04. The van der Waals surface area contributed by atoms with Crippen molar-refractivity contribution in [3.05, 3.63) is 71.5 Å². The third kappa shape index (κ3) is 4.97. The fourth-order valence-electron chi connectivity index (χ4n) is 3.07. The first-order chi connectivity index (χ1) is 13.0. The van der Waals surface area contributed by atoms with Crippen LogP contribution in [0, 0.1) is 13.8 Å². The van der Waals surface area contributed by atoms with Crippen LogP contribution >= 0.6 is 0 Å². The molecule has 0 radical (unpaired) electrons. The van der Waals surface area contributed by atoms with Crippen molar-refractivity contribution in [3.63, 3.8) is 0 Å². The van der Waals surface area contributed by atoms with Crippen molar-refractivity contribution in [1.82, 2.24) is 9.78 Å². The lowest BCUT2D eigenvalue weighted by atomic mass is 10.1. The third-order valence-electron chi connectivity index (χ3n) is 4.41. The molecule has 1 amide bonds. The van der Waals surface area contributed by atoms with Gasteiger partial charge in [0.25, 0.3) is 0 Å². The van der Waals surface area contributed by atoms with Crippen molar-refractivity contribution in [2.75, 3.05) is 12.4 Å². The Morgan fingerprint density at radius 3 is 2.56 bits per heavy atom. The number of rotatable bonds is 7. The SMILES string of the molecule is COc1ccc(CCCC(=O)Nc2cccc(-n3nc(C)cc3C)c2)cc1. The molecule has 0 unspecified atom stereocenters. The van der Waals surface area contributed by atoms with E-state index in [1.807, 2.05) is 73.1 Å². The number of carbonyl (C=O) groups is 1. The van der Waals surface area contributed by atoms with E-state index in [-0.39, 0.29) is 5.91 Å². The van der Waals surface area contributed by atoms with Gasteiger partial charge in [0.2, 0.25) is 5.91 Å². The average molecular weight is 363 g/mol. The molecule has 0 saturated heterocycles.